The fraction of sp³-hybridized carbons (Fsp3) is 0.636. The summed E-state index contributed by atoms with van der Waals surface area (Å²) in [7, 11) is 1.13. The smallest absolute Gasteiger partial charge is 0.306 e. The molecule has 0 amide bonds. The number of rotatable bonds is 53. The maximum Gasteiger partial charge on any atom is 0.306 e. The van der Waals surface area contributed by atoms with Crippen molar-refractivity contribution in [2.45, 2.75) is 225 Å². The maximum absolute atomic E-state index is 12.8. The highest BCUT2D eigenvalue weighted by Gasteiger charge is 2.21. The van der Waals surface area contributed by atoms with Gasteiger partial charge in [-0.05, 0) is 109 Å². The number of esters is 2. The van der Waals surface area contributed by atoms with E-state index < -0.39 is 32.5 Å². The number of hydrogen-bond donors (Lipinski definition) is 0. The minimum Gasteiger partial charge on any atom is -0.756 e. The van der Waals surface area contributed by atoms with Crippen molar-refractivity contribution in [2.75, 3.05) is 47.5 Å². The van der Waals surface area contributed by atoms with Crippen LogP contribution in [0.25, 0.3) is 0 Å². The fourth-order valence-corrected chi connectivity index (χ4v) is 8.36. The Bertz CT molecular complexity index is 1740. The highest BCUT2D eigenvalue weighted by molar-refractivity contribution is 7.45. The molecule has 0 aliphatic carbocycles. The van der Waals surface area contributed by atoms with Crippen LogP contribution in [0.3, 0.4) is 0 Å². The number of ether oxygens (including phenoxy) is 2. The van der Waals surface area contributed by atoms with E-state index in [0.717, 1.165) is 122 Å². The summed E-state index contributed by atoms with van der Waals surface area (Å²) in [4.78, 5) is 37.9. The molecule has 0 N–H and O–H groups in total. The van der Waals surface area contributed by atoms with Crippen molar-refractivity contribution in [3.05, 3.63) is 134 Å². The summed E-state index contributed by atoms with van der Waals surface area (Å²) in [6.07, 6.45) is 80.7. The van der Waals surface area contributed by atoms with E-state index in [9.17, 15) is 19.0 Å². The van der Waals surface area contributed by atoms with Crippen LogP contribution in [0.15, 0.2) is 134 Å². The molecule has 2 atom stereocenters. The summed E-state index contributed by atoms with van der Waals surface area (Å²) in [5, 5.41) is 0. The van der Waals surface area contributed by atoms with Gasteiger partial charge in [-0.1, -0.05) is 231 Å². The molecule has 432 valence electrons. The lowest BCUT2D eigenvalue weighted by atomic mass is 10.0. The molecular weight excluding hydrogens is 966 g/mol. The second-order valence-corrected chi connectivity index (χ2v) is 22.0. The topological polar surface area (TPSA) is 111 Å². The number of likely N-dealkylation sites (N-methyl/N-ethyl adjacent to an activating group) is 1. The lowest BCUT2D eigenvalue weighted by Gasteiger charge is -2.28. The molecule has 0 rings (SSSR count). The zero-order chi connectivity index (χ0) is 55.6. The van der Waals surface area contributed by atoms with Gasteiger partial charge in [0.15, 0.2) is 6.10 Å². The van der Waals surface area contributed by atoms with Crippen molar-refractivity contribution < 1.29 is 42.1 Å². The van der Waals surface area contributed by atoms with Crippen LogP contribution in [0.4, 0.5) is 0 Å². The summed E-state index contributed by atoms with van der Waals surface area (Å²) in [6.45, 7) is 3.97. The molecule has 0 bridgehead atoms. The number of allylic oxidation sites excluding steroid dienone is 22. The molecule has 2 unspecified atom stereocenters. The van der Waals surface area contributed by atoms with Gasteiger partial charge in [0.1, 0.15) is 19.8 Å². The Hall–Kier alpha value is -3.85. The van der Waals surface area contributed by atoms with E-state index in [1.807, 2.05) is 21.1 Å². The van der Waals surface area contributed by atoms with Crippen LogP contribution in [0.1, 0.15) is 219 Å². The van der Waals surface area contributed by atoms with Gasteiger partial charge in [-0.2, -0.15) is 0 Å². The minimum absolute atomic E-state index is 0.0417. The normalized spacial score (nSPS) is 14.2. The molecule has 0 heterocycles. The third kappa shape index (κ3) is 59.4. The summed E-state index contributed by atoms with van der Waals surface area (Å²) >= 11 is 0. The highest BCUT2D eigenvalue weighted by atomic mass is 31.2. The van der Waals surface area contributed by atoms with Crippen LogP contribution in [-0.4, -0.2) is 70.0 Å². The molecule has 0 saturated carbocycles. The van der Waals surface area contributed by atoms with Gasteiger partial charge in [-0.25, -0.2) is 0 Å². The van der Waals surface area contributed by atoms with Crippen molar-refractivity contribution in [2.24, 2.45) is 0 Å². The molecule has 9 nitrogen and oxygen atoms in total. The van der Waals surface area contributed by atoms with E-state index in [0.29, 0.717) is 23.9 Å². The van der Waals surface area contributed by atoms with E-state index in [1.165, 1.54) is 57.8 Å². The molecule has 0 spiro atoms. The third-order valence-corrected chi connectivity index (χ3v) is 13.1. The number of phosphoric acid groups is 1. The molecule has 76 heavy (non-hydrogen) atoms. The van der Waals surface area contributed by atoms with Crippen LogP contribution < -0.4 is 4.89 Å². The number of carbonyl (C=O) groups is 2. The molecule has 0 aliphatic rings. The predicted octanol–water partition coefficient (Wildman–Crippen LogP) is 18.3. The largest absolute Gasteiger partial charge is 0.756 e. The summed E-state index contributed by atoms with van der Waals surface area (Å²) in [5.41, 5.74) is 0. The van der Waals surface area contributed by atoms with Crippen LogP contribution >= 0.6 is 7.82 Å². The lowest BCUT2D eigenvalue weighted by molar-refractivity contribution is -0.870. The van der Waals surface area contributed by atoms with E-state index in [2.05, 4.69) is 148 Å². The van der Waals surface area contributed by atoms with Gasteiger partial charge in [0.25, 0.3) is 7.82 Å². The predicted molar refractivity (Wildman–Crippen MR) is 323 cm³/mol. The molecule has 0 fully saturated rings. The van der Waals surface area contributed by atoms with E-state index in [1.54, 1.807) is 0 Å². The Kier molecular flexibility index (Phi) is 53.1. The number of unbranched alkanes of at least 4 members (excludes halogenated alkanes) is 17. The Morgan fingerprint density at radius 2 is 0.711 bits per heavy atom. The zero-order valence-corrected chi connectivity index (χ0v) is 49.8. The zero-order valence-electron chi connectivity index (χ0n) is 48.9. The molecule has 0 saturated heterocycles. The van der Waals surface area contributed by atoms with Crippen molar-refractivity contribution in [1.29, 1.82) is 0 Å². The number of carbonyl (C=O) groups excluding carboxylic acids is 2. The first kappa shape index (κ1) is 72.2. The Balaban J connectivity index is 4.20. The highest BCUT2D eigenvalue weighted by Crippen LogP contribution is 2.38. The molecular formula is C66H110NO8P. The summed E-state index contributed by atoms with van der Waals surface area (Å²) in [6, 6.07) is 0. The molecule has 0 aliphatic heterocycles. The Morgan fingerprint density at radius 1 is 0.408 bits per heavy atom. The van der Waals surface area contributed by atoms with Crippen LogP contribution in [0, 0.1) is 0 Å². The van der Waals surface area contributed by atoms with Crippen LogP contribution in [-0.2, 0) is 32.7 Å². The average molecular weight is 1080 g/mol. The first-order valence-corrected chi connectivity index (χ1v) is 31.4. The average Bonchev–Trinajstić information content (AvgIpc) is 3.38. The second-order valence-electron chi connectivity index (χ2n) is 20.6. The quantitative estimate of drug-likeness (QED) is 0.0195. The van der Waals surface area contributed by atoms with Gasteiger partial charge in [0.2, 0.25) is 0 Å². The van der Waals surface area contributed by atoms with Crippen LogP contribution in [0.2, 0.25) is 0 Å². The van der Waals surface area contributed by atoms with Crippen molar-refractivity contribution in [3.8, 4) is 0 Å². The van der Waals surface area contributed by atoms with Crippen molar-refractivity contribution >= 4 is 19.8 Å². The Labute approximate surface area is 466 Å². The van der Waals surface area contributed by atoms with Gasteiger partial charge in [-0.15, -0.1) is 0 Å². The fourth-order valence-electron chi connectivity index (χ4n) is 7.63. The van der Waals surface area contributed by atoms with Gasteiger partial charge < -0.3 is 27.9 Å². The van der Waals surface area contributed by atoms with Crippen molar-refractivity contribution in [1.82, 2.24) is 0 Å². The second kappa shape index (κ2) is 55.9. The van der Waals surface area contributed by atoms with E-state index >= 15 is 0 Å². The first-order chi connectivity index (χ1) is 37.0. The molecule has 0 aromatic rings. The molecule has 10 heteroatoms. The van der Waals surface area contributed by atoms with Crippen LogP contribution in [0.5, 0.6) is 0 Å². The third-order valence-electron chi connectivity index (χ3n) is 12.2. The number of hydrogen-bond acceptors (Lipinski definition) is 8. The van der Waals surface area contributed by atoms with Gasteiger partial charge in [-0.3, -0.25) is 14.2 Å². The lowest BCUT2D eigenvalue weighted by Crippen LogP contribution is -2.37. The number of quaternary nitrogens is 1. The monoisotopic (exact) mass is 1080 g/mol. The first-order valence-electron chi connectivity index (χ1n) is 29.9. The van der Waals surface area contributed by atoms with E-state index in [-0.39, 0.29) is 26.1 Å². The maximum atomic E-state index is 12.8. The molecule has 0 aromatic heterocycles. The standard InChI is InChI=1S/C66H110NO8P/c1-6-8-10-12-14-16-18-20-22-24-26-28-29-30-31-32-33-34-35-36-37-39-41-43-45-47-49-51-53-55-57-59-66(69)75-64(63-74-76(70,71)73-61-60-67(3,4)5)62-72-65(68)58-56-54-52-50-48-46-44-42-40-38-27-25-23-21-19-17-15-13-11-9-7-2/h8-11,14-17,20-23,26-28,30-31,33-34,38,42,44,64H,6-7,12-13,18-19,24-25,29,32,35-37,39-41,43,45-63H2,1-5H3/b10-8-,11-9-,16-14-,17-15-,22-20-,23-21-,28-26-,31-30-,34-33-,38-27-,44-42-. The number of nitrogens with zero attached hydrogens (tertiary/aromatic N) is 1. The molecule has 0 aromatic carbocycles. The van der Waals surface area contributed by atoms with Gasteiger partial charge in [0.05, 0.1) is 27.7 Å². The van der Waals surface area contributed by atoms with Crippen molar-refractivity contribution in [3.63, 3.8) is 0 Å². The van der Waals surface area contributed by atoms with Gasteiger partial charge >= 0.3 is 11.9 Å². The SMILES string of the molecule is CC/C=C\C/C=C\C/C=C\C/C=C\C/C=C\C/C=C\CCCCCCCCCCCCCCC(=O)OC(COC(=O)CCCCCCC/C=C\C/C=C\C/C=C\C/C=C\C/C=C\CC)COP(=O)([O-])OCC[N+](C)(C)C. The summed E-state index contributed by atoms with van der Waals surface area (Å²) < 4.78 is 34.2. The summed E-state index contributed by atoms with van der Waals surface area (Å²) in [5.74, 6) is -0.865. The van der Waals surface area contributed by atoms with Gasteiger partial charge in [0, 0.05) is 12.8 Å². The molecule has 0 radical (unpaired) electrons. The van der Waals surface area contributed by atoms with E-state index in [4.69, 9.17) is 18.5 Å². The minimum atomic E-state index is -4.65. The number of phosphoric ester groups is 1. The Morgan fingerprint density at radius 3 is 1.05 bits per heavy atom.